The summed E-state index contributed by atoms with van der Waals surface area (Å²) < 4.78 is 5.13. The number of ether oxygens (including phenoxy) is 1. The van der Waals surface area contributed by atoms with E-state index in [9.17, 15) is 4.79 Å². The van der Waals surface area contributed by atoms with Crippen LogP contribution in [0.1, 0.15) is 16.1 Å². The minimum atomic E-state index is -0.0796. The lowest BCUT2D eigenvalue weighted by atomic mass is 10.1. The first-order valence-corrected chi connectivity index (χ1v) is 9.69. The molecule has 0 spiro atoms. The zero-order chi connectivity index (χ0) is 18.0. The largest absolute Gasteiger partial charge is 0.495 e. The lowest BCUT2D eigenvalue weighted by Crippen LogP contribution is -2.14. The number of carbonyl (C=O) groups is 1. The maximum atomic E-state index is 12.4. The van der Waals surface area contributed by atoms with Crippen LogP contribution in [0.3, 0.4) is 0 Å². The van der Waals surface area contributed by atoms with Crippen LogP contribution in [0.15, 0.2) is 29.6 Å². The fraction of sp³-hybridized carbons (Fsp3) is 0.222. The second-order valence-electron chi connectivity index (χ2n) is 5.57. The van der Waals surface area contributed by atoms with Gasteiger partial charge in [0, 0.05) is 16.0 Å². The number of halogens is 1. The highest BCUT2D eigenvalue weighted by Crippen LogP contribution is 2.35. The Balaban J connectivity index is 1.71. The van der Waals surface area contributed by atoms with E-state index in [1.54, 1.807) is 41.9 Å². The number of hydrogen-bond acceptors (Lipinski definition) is 5. The van der Waals surface area contributed by atoms with Crippen LogP contribution in [0.2, 0.25) is 5.02 Å². The van der Waals surface area contributed by atoms with Gasteiger partial charge in [0.2, 0.25) is 5.91 Å². The summed E-state index contributed by atoms with van der Waals surface area (Å²) in [6.45, 7) is 3.97. The van der Waals surface area contributed by atoms with E-state index < -0.39 is 0 Å². The van der Waals surface area contributed by atoms with Crippen LogP contribution in [0.5, 0.6) is 5.75 Å². The van der Waals surface area contributed by atoms with Gasteiger partial charge in [0.1, 0.15) is 10.8 Å². The van der Waals surface area contributed by atoms with E-state index in [4.69, 9.17) is 16.3 Å². The minimum absolute atomic E-state index is 0.0796. The molecule has 0 bridgehead atoms. The fourth-order valence-corrected chi connectivity index (χ4v) is 4.49. The quantitative estimate of drug-likeness (QED) is 0.638. The summed E-state index contributed by atoms with van der Waals surface area (Å²) in [5, 5.41) is 6.48. The second-order valence-corrected chi connectivity index (χ2v) is 8.09. The Kier molecular flexibility index (Phi) is 5.42. The van der Waals surface area contributed by atoms with Gasteiger partial charge in [-0.25, -0.2) is 4.98 Å². The zero-order valence-corrected chi connectivity index (χ0v) is 16.4. The number of nitrogens with zero attached hydrogens (tertiary/aromatic N) is 1. The first-order valence-electron chi connectivity index (χ1n) is 7.61. The predicted octanol–water partition coefficient (Wildman–Crippen LogP) is 5.33. The van der Waals surface area contributed by atoms with Crippen LogP contribution >= 0.6 is 34.3 Å². The molecule has 3 aromatic rings. The molecule has 0 atom stereocenters. The average molecular weight is 393 g/mol. The first kappa shape index (κ1) is 17.9. The van der Waals surface area contributed by atoms with Gasteiger partial charge < -0.3 is 10.1 Å². The number of benzene rings is 1. The number of rotatable bonds is 5. The lowest BCUT2D eigenvalue weighted by molar-refractivity contribution is -0.115. The molecule has 0 saturated carbocycles. The summed E-state index contributed by atoms with van der Waals surface area (Å²) in [4.78, 5) is 19.0. The van der Waals surface area contributed by atoms with Crippen LogP contribution in [-0.2, 0) is 11.2 Å². The van der Waals surface area contributed by atoms with Gasteiger partial charge in [0.25, 0.3) is 0 Å². The average Bonchev–Trinajstić information content (AvgIpc) is 3.14. The van der Waals surface area contributed by atoms with Crippen LogP contribution in [0.25, 0.3) is 9.88 Å². The highest BCUT2D eigenvalue weighted by molar-refractivity contribution is 7.21. The van der Waals surface area contributed by atoms with Crippen molar-refractivity contribution >= 4 is 45.9 Å². The van der Waals surface area contributed by atoms with E-state index in [-0.39, 0.29) is 12.3 Å². The number of thiophene rings is 1. The third kappa shape index (κ3) is 4.21. The van der Waals surface area contributed by atoms with Crippen LogP contribution in [0, 0.1) is 13.8 Å². The van der Waals surface area contributed by atoms with Crippen molar-refractivity contribution in [1.29, 1.82) is 0 Å². The van der Waals surface area contributed by atoms with E-state index in [0.717, 1.165) is 31.7 Å². The number of hydrogen-bond donors (Lipinski definition) is 1. The van der Waals surface area contributed by atoms with Crippen LogP contribution < -0.4 is 10.1 Å². The maximum absolute atomic E-state index is 12.4. The van der Waals surface area contributed by atoms with E-state index in [2.05, 4.69) is 10.3 Å². The molecule has 1 amide bonds. The molecule has 0 fully saturated rings. The fourth-order valence-electron chi connectivity index (χ4n) is 2.38. The number of thiazole rings is 1. The Bertz CT molecular complexity index is 918. The smallest absolute Gasteiger partial charge is 0.228 e. The summed E-state index contributed by atoms with van der Waals surface area (Å²) in [6, 6.07) is 7.35. The molecule has 3 rings (SSSR count). The van der Waals surface area contributed by atoms with Crippen LogP contribution in [0.4, 0.5) is 5.69 Å². The normalized spacial score (nSPS) is 10.7. The molecule has 1 N–H and O–H groups in total. The number of methoxy groups -OCH3 is 1. The van der Waals surface area contributed by atoms with Crippen LogP contribution in [-0.4, -0.2) is 18.0 Å². The Morgan fingerprint density at radius 3 is 2.76 bits per heavy atom. The van der Waals surface area contributed by atoms with Gasteiger partial charge in [-0.15, -0.1) is 22.7 Å². The minimum Gasteiger partial charge on any atom is -0.495 e. The summed E-state index contributed by atoms with van der Waals surface area (Å²) in [5.41, 5.74) is 2.68. The molecule has 2 aromatic heterocycles. The molecule has 4 nitrogen and oxygen atoms in total. The van der Waals surface area contributed by atoms with Crippen molar-refractivity contribution in [3.63, 3.8) is 0 Å². The predicted molar refractivity (Wildman–Crippen MR) is 105 cm³/mol. The summed E-state index contributed by atoms with van der Waals surface area (Å²) >= 11 is 9.35. The lowest BCUT2D eigenvalue weighted by Gasteiger charge is -2.07. The zero-order valence-electron chi connectivity index (χ0n) is 14.1. The molecule has 0 aliphatic rings. The number of aryl methyl sites for hydroxylation is 2. The Hall–Kier alpha value is -1.89. The van der Waals surface area contributed by atoms with Gasteiger partial charge in [-0.3, -0.25) is 4.79 Å². The molecule has 0 saturated heterocycles. The van der Waals surface area contributed by atoms with Crippen molar-refractivity contribution in [1.82, 2.24) is 4.98 Å². The summed E-state index contributed by atoms with van der Waals surface area (Å²) in [7, 11) is 1.56. The Labute approximate surface area is 159 Å². The van der Waals surface area contributed by atoms with Gasteiger partial charge in [0.15, 0.2) is 0 Å². The molecular weight excluding hydrogens is 376 g/mol. The molecule has 0 unspecified atom stereocenters. The molecular formula is C18H17ClN2O2S2. The van der Waals surface area contributed by atoms with Crippen molar-refractivity contribution in [2.45, 2.75) is 20.3 Å². The van der Waals surface area contributed by atoms with Gasteiger partial charge >= 0.3 is 0 Å². The number of anilines is 1. The third-order valence-electron chi connectivity index (χ3n) is 3.60. The molecule has 0 aliphatic heterocycles. The van der Waals surface area contributed by atoms with Gasteiger partial charge in [0.05, 0.1) is 29.1 Å². The monoisotopic (exact) mass is 392 g/mol. The van der Waals surface area contributed by atoms with Crippen molar-refractivity contribution < 1.29 is 9.53 Å². The van der Waals surface area contributed by atoms with E-state index in [0.29, 0.717) is 10.8 Å². The number of carbonyl (C=O) groups excluding carboxylic acids is 1. The van der Waals surface area contributed by atoms with E-state index in [1.165, 1.54) is 0 Å². The maximum Gasteiger partial charge on any atom is 0.228 e. The summed E-state index contributed by atoms with van der Waals surface area (Å²) in [5.74, 6) is 0.520. The Morgan fingerprint density at radius 1 is 1.32 bits per heavy atom. The first-order chi connectivity index (χ1) is 12.0. The van der Waals surface area contributed by atoms with Crippen molar-refractivity contribution in [2.24, 2.45) is 0 Å². The third-order valence-corrected chi connectivity index (χ3v) is 6.08. The number of aromatic nitrogens is 1. The summed E-state index contributed by atoms with van der Waals surface area (Å²) in [6.07, 6.45) is 0.255. The standard InChI is InChI=1S/C18H17ClN2O2S2/c1-10-9-24-18(20-10)16-8-14(11(2)25-16)21-17(22)7-12-4-5-15(23-3)13(19)6-12/h4-6,8-9H,7H2,1-3H3,(H,21,22). The molecule has 2 heterocycles. The number of nitrogens with one attached hydrogen (secondary N) is 1. The molecule has 25 heavy (non-hydrogen) atoms. The Morgan fingerprint density at radius 2 is 2.12 bits per heavy atom. The van der Waals surface area contributed by atoms with E-state index in [1.807, 2.05) is 31.4 Å². The molecule has 1 aromatic carbocycles. The van der Waals surface area contributed by atoms with Crippen molar-refractivity contribution in [3.8, 4) is 15.6 Å². The van der Waals surface area contributed by atoms with E-state index >= 15 is 0 Å². The molecule has 0 aliphatic carbocycles. The number of amides is 1. The highest BCUT2D eigenvalue weighted by Gasteiger charge is 2.13. The molecule has 130 valence electrons. The SMILES string of the molecule is COc1ccc(CC(=O)Nc2cc(-c3nc(C)cs3)sc2C)cc1Cl. The van der Waals surface area contributed by atoms with Gasteiger partial charge in [-0.2, -0.15) is 0 Å². The molecule has 0 radical (unpaired) electrons. The van der Waals surface area contributed by atoms with Gasteiger partial charge in [-0.1, -0.05) is 17.7 Å². The van der Waals surface area contributed by atoms with Gasteiger partial charge in [-0.05, 0) is 37.6 Å². The second kappa shape index (κ2) is 7.56. The molecule has 7 heteroatoms. The highest BCUT2D eigenvalue weighted by atomic mass is 35.5. The van der Waals surface area contributed by atoms with Crippen molar-refractivity contribution in [3.05, 3.63) is 50.8 Å². The topological polar surface area (TPSA) is 51.2 Å². The van der Waals surface area contributed by atoms with Crippen molar-refractivity contribution in [2.75, 3.05) is 12.4 Å².